The first-order chi connectivity index (χ1) is 8.39. The van der Waals surface area contributed by atoms with Gasteiger partial charge in [-0.1, -0.05) is 26.0 Å². The molecule has 0 aliphatic heterocycles. The van der Waals surface area contributed by atoms with Gasteiger partial charge in [-0.05, 0) is 42.9 Å². The van der Waals surface area contributed by atoms with Gasteiger partial charge < -0.3 is 10.5 Å². The van der Waals surface area contributed by atoms with Crippen molar-refractivity contribution in [2.24, 2.45) is 5.73 Å². The molecule has 1 atom stereocenters. The van der Waals surface area contributed by atoms with E-state index in [1.165, 1.54) is 11.1 Å². The number of benzene rings is 1. The third-order valence-corrected chi connectivity index (χ3v) is 3.10. The smallest absolute Gasteiger partial charge is 0.122 e. The van der Waals surface area contributed by atoms with Crippen molar-refractivity contribution in [3.05, 3.63) is 29.3 Å². The molecule has 0 saturated carbocycles. The van der Waals surface area contributed by atoms with Gasteiger partial charge in [-0.2, -0.15) is 5.26 Å². The number of nitrogens with zero attached hydrogens (tertiary/aromatic N) is 1. The van der Waals surface area contributed by atoms with Gasteiger partial charge in [-0.3, -0.25) is 0 Å². The summed E-state index contributed by atoms with van der Waals surface area (Å²) in [4.78, 5) is 0. The van der Waals surface area contributed by atoms with Crippen LogP contribution in [0.5, 0.6) is 5.75 Å². The van der Waals surface area contributed by atoms with Crippen molar-refractivity contribution >= 4 is 0 Å². The molecule has 0 bridgehead atoms. The second kappa shape index (κ2) is 5.88. The van der Waals surface area contributed by atoms with Crippen LogP contribution in [-0.2, 0) is 6.42 Å². The Balaban J connectivity index is 2.86. The second-order valence-corrected chi connectivity index (χ2v) is 5.26. The molecule has 98 valence electrons. The van der Waals surface area contributed by atoms with Crippen molar-refractivity contribution in [2.75, 3.05) is 7.11 Å². The number of hydrogen-bond donors (Lipinski definition) is 1. The van der Waals surface area contributed by atoms with Gasteiger partial charge in [0, 0.05) is 0 Å². The highest BCUT2D eigenvalue weighted by molar-refractivity contribution is 5.39. The molecule has 0 radical (unpaired) electrons. The maximum Gasteiger partial charge on any atom is 0.122 e. The maximum absolute atomic E-state index is 8.90. The van der Waals surface area contributed by atoms with Crippen LogP contribution in [0.1, 0.15) is 44.2 Å². The topological polar surface area (TPSA) is 59.0 Å². The van der Waals surface area contributed by atoms with Crippen molar-refractivity contribution in [2.45, 2.75) is 45.1 Å². The van der Waals surface area contributed by atoms with Gasteiger partial charge in [-0.25, -0.2) is 0 Å². The highest BCUT2D eigenvalue weighted by atomic mass is 16.5. The molecule has 1 aromatic rings. The first kappa shape index (κ1) is 14.5. The Morgan fingerprint density at radius 3 is 2.61 bits per heavy atom. The van der Waals surface area contributed by atoms with Crippen LogP contribution in [0.4, 0.5) is 0 Å². The van der Waals surface area contributed by atoms with Crippen LogP contribution >= 0.6 is 0 Å². The summed E-state index contributed by atoms with van der Waals surface area (Å²) in [6.45, 7) is 6.05. The monoisotopic (exact) mass is 246 g/mol. The summed E-state index contributed by atoms with van der Waals surface area (Å²) in [5, 5.41) is 8.90. The van der Waals surface area contributed by atoms with Crippen LogP contribution in [-0.4, -0.2) is 12.6 Å². The van der Waals surface area contributed by atoms with Gasteiger partial charge in [-0.15, -0.1) is 0 Å². The fraction of sp³-hybridized carbons (Fsp3) is 0.533. The first-order valence-corrected chi connectivity index (χ1v) is 6.26. The Kier molecular flexibility index (Phi) is 4.75. The number of rotatable bonds is 5. The molecule has 1 unspecified atom stereocenters. The number of methoxy groups -OCH3 is 1. The van der Waals surface area contributed by atoms with E-state index in [0.717, 1.165) is 12.2 Å². The minimum absolute atomic E-state index is 0.417. The van der Waals surface area contributed by atoms with Crippen molar-refractivity contribution in [3.63, 3.8) is 0 Å². The minimum atomic E-state index is -0.752. The molecule has 1 aromatic carbocycles. The average molecular weight is 246 g/mol. The van der Waals surface area contributed by atoms with Crippen molar-refractivity contribution in [3.8, 4) is 11.8 Å². The quantitative estimate of drug-likeness (QED) is 0.868. The molecule has 0 heterocycles. The fourth-order valence-corrected chi connectivity index (χ4v) is 1.85. The van der Waals surface area contributed by atoms with Crippen LogP contribution in [0.2, 0.25) is 0 Å². The SMILES string of the molecule is COc1ccc(CCC(C)(N)C#N)cc1C(C)C. The zero-order valence-corrected chi connectivity index (χ0v) is 11.7. The molecule has 0 aliphatic rings. The van der Waals surface area contributed by atoms with Crippen LogP contribution in [0.3, 0.4) is 0 Å². The summed E-state index contributed by atoms with van der Waals surface area (Å²) in [6.07, 6.45) is 1.47. The summed E-state index contributed by atoms with van der Waals surface area (Å²) in [7, 11) is 1.69. The molecule has 3 nitrogen and oxygen atoms in total. The van der Waals surface area contributed by atoms with Gasteiger partial charge in [0.05, 0.1) is 13.2 Å². The third-order valence-electron chi connectivity index (χ3n) is 3.10. The van der Waals surface area contributed by atoms with Crippen LogP contribution in [0.15, 0.2) is 18.2 Å². The molecule has 0 spiro atoms. The van der Waals surface area contributed by atoms with E-state index >= 15 is 0 Å². The van der Waals surface area contributed by atoms with Crippen molar-refractivity contribution in [1.29, 1.82) is 5.26 Å². The van der Waals surface area contributed by atoms with Crippen molar-refractivity contribution < 1.29 is 4.74 Å². The highest BCUT2D eigenvalue weighted by Gasteiger charge is 2.17. The zero-order chi connectivity index (χ0) is 13.8. The van der Waals surface area contributed by atoms with E-state index in [2.05, 4.69) is 26.0 Å². The number of hydrogen-bond acceptors (Lipinski definition) is 3. The normalized spacial score (nSPS) is 14.1. The Hall–Kier alpha value is -1.53. The predicted molar refractivity (Wildman–Crippen MR) is 73.6 cm³/mol. The minimum Gasteiger partial charge on any atom is -0.496 e. The van der Waals surface area contributed by atoms with E-state index in [9.17, 15) is 0 Å². The second-order valence-electron chi connectivity index (χ2n) is 5.26. The molecule has 2 N–H and O–H groups in total. The molecular formula is C15H22N2O. The zero-order valence-electron chi connectivity index (χ0n) is 11.7. The summed E-state index contributed by atoms with van der Waals surface area (Å²) in [5.41, 5.74) is 7.48. The molecule has 0 fully saturated rings. The Labute approximate surface area is 110 Å². The molecule has 0 saturated heterocycles. The van der Waals surface area contributed by atoms with Gasteiger partial charge in [0.1, 0.15) is 11.3 Å². The Bertz CT molecular complexity index is 444. The van der Waals surface area contributed by atoms with Crippen molar-refractivity contribution in [1.82, 2.24) is 0 Å². The first-order valence-electron chi connectivity index (χ1n) is 6.26. The van der Waals surface area contributed by atoms with Gasteiger partial charge in [0.15, 0.2) is 0 Å². The number of nitriles is 1. The standard InChI is InChI=1S/C15H22N2O/c1-11(2)13-9-12(5-6-14(13)18-4)7-8-15(3,17)10-16/h5-6,9,11H,7-8,17H2,1-4H3. The number of ether oxygens (including phenoxy) is 1. The molecular weight excluding hydrogens is 224 g/mol. The maximum atomic E-state index is 8.90. The molecule has 0 aliphatic carbocycles. The van der Waals surface area contributed by atoms with E-state index < -0.39 is 5.54 Å². The van der Waals surface area contributed by atoms with Crippen LogP contribution in [0, 0.1) is 11.3 Å². The average Bonchev–Trinajstić information content (AvgIpc) is 2.36. The lowest BCUT2D eigenvalue weighted by Gasteiger charge is -2.17. The predicted octanol–water partition coefficient (Wildman–Crippen LogP) is 2.99. The molecule has 0 aromatic heterocycles. The molecule has 18 heavy (non-hydrogen) atoms. The fourth-order valence-electron chi connectivity index (χ4n) is 1.85. The Morgan fingerprint density at radius 2 is 2.11 bits per heavy atom. The van der Waals surface area contributed by atoms with E-state index in [1.54, 1.807) is 14.0 Å². The molecule has 0 amide bonds. The van der Waals surface area contributed by atoms with E-state index in [-0.39, 0.29) is 0 Å². The van der Waals surface area contributed by atoms with E-state index in [4.69, 9.17) is 15.7 Å². The highest BCUT2D eigenvalue weighted by Crippen LogP contribution is 2.28. The van der Waals surface area contributed by atoms with Gasteiger partial charge in [0.25, 0.3) is 0 Å². The lowest BCUT2D eigenvalue weighted by molar-refractivity contribution is 0.407. The third kappa shape index (κ3) is 3.75. The van der Waals surface area contributed by atoms with E-state index in [0.29, 0.717) is 12.3 Å². The summed E-state index contributed by atoms with van der Waals surface area (Å²) >= 11 is 0. The largest absolute Gasteiger partial charge is 0.496 e. The Morgan fingerprint density at radius 1 is 1.44 bits per heavy atom. The van der Waals surface area contributed by atoms with Crippen LogP contribution in [0.25, 0.3) is 0 Å². The summed E-state index contributed by atoms with van der Waals surface area (Å²) in [6, 6.07) is 8.31. The lowest BCUT2D eigenvalue weighted by Crippen LogP contribution is -2.34. The summed E-state index contributed by atoms with van der Waals surface area (Å²) < 4.78 is 5.35. The van der Waals surface area contributed by atoms with Crippen LogP contribution < -0.4 is 10.5 Å². The molecule has 1 rings (SSSR count). The van der Waals surface area contributed by atoms with Gasteiger partial charge >= 0.3 is 0 Å². The van der Waals surface area contributed by atoms with E-state index in [1.807, 2.05) is 12.1 Å². The number of aryl methyl sites for hydroxylation is 1. The summed E-state index contributed by atoms with van der Waals surface area (Å²) in [5.74, 6) is 1.34. The van der Waals surface area contributed by atoms with Gasteiger partial charge in [0.2, 0.25) is 0 Å². The number of nitrogens with two attached hydrogens (primary N) is 1. The molecule has 3 heteroatoms. The lowest BCUT2D eigenvalue weighted by atomic mass is 9.93.